The van der Waals surface area contributed by atoms with Crippen molar-refractivity contribution >= 4 is 17.7 Å². The summed E-state index contributed by atoms with van der Waals surface area (Å²) in [5, 5.41) is 0. The van der Waals surface area contributed by atoms with Crippen LogP contribution in [0.15, 0.2) is 11.1 Å². The first-order valence-corrected chi connectivity index (χ1v) is 4.39. The Hall–Kier alpha value is -2.40. The minimum atomic E-state index is -1.01. The summed E-state index contributed by atoms with van der Waals surface area (Å²) in [5.41, 5.74) is 4.23. The van der Waals surface area contributed by atoms with Crippen molar-refractivity contribution < 1.29 is 23.5 Å². The second-order valence-electron chi connectivity index (χ2n) is 2.89. The van der Waals surface area contributed by atoms with Crippen LogP contribution in [-0.2, 0) is 4.79 Å². The number of halogens is 1. The molecular weight excluding hydrogens is 231 g/mol. The second kappa shape index (κ2) is 5.09. The van der Waals surface area contributed by atoms with Crippen molar-refractivity contribution in [2.45, 2.75) is 0 Å². The number of rotatable bonds is 4. The van der Waals surface area contributed by atoms with Gasteiger partial charge in [0.1, 0.15) is 5.69 Å². The Balaban J connectivity index is 3.67. The molecule has 1 aromatic carbocycles. The number of aliphatic imine (C=N–C) groups is 1. The highest BCUT2D eigenvalue weighted by Gasteiger charge is 2.22. The van der Waals surface area contributed by atoms with E-state index in [1.807, 2.05) is 0 Å². The lowest BCUT2D eigenvalue weighted by atomic mass is 10.1. The number of benzene rings is 1. The lowest BCUT2D eigenvalue weighted by Gasteiger charge is -2.11. The summed E-state index contributed by atoms with van der Waals surface area (Å²) in [6.07, 6.45) is 1.14. The summed E-state index contributed by atoms with van der Waals surface area (Å²) in [4.78, 5) is 24.4. The first-order chi connectivity index (χ1) is 8.06. The Labute approximate surface area is 95.8 Å². The van der Waals surface area contributed by atoms with Crippen LogP contribution < -0.4 is 15.2 Å². The normalized spacial score (nSPS) is 9.35. The van der Waals surface area contributed by atoms with Crippen LogP contribution in [0.25, 0.3) is 0 Å². The number of hydrogen-bond donors (Lipinski definition) is 1. The number of hydrogen-bond acceptors (Lipinski definition) is 5. The minimum Gasteiger partial charge on any atom is -0.493 e. The van der Waals surface area contributed by atoms with Gasteiger partial charge in [-0.2, -0.15) is 4.99 Å². The molecule has 0 heterocycles. The average molecular weight is 240 g/mol. The van der Waals surface area contributed by atoms with Crippen LogP contribution in [0.4, 0.5) is 10.1 Å². The van der Waals surface area contributed by atoms with Gasteiger partial charge in [0, 0.05) is 0 Å². The van der Waals surface area contributed by atoms with E-state index in [9.17, 15) is 14.0 Å². The number of nitrogens with zero attached hydrogens (tertiary/aromatic N) is 1. The SMILES string of the molecule is COc1cc(C(N)=O)c(N=C=O)c(F)c1OC. The maximum atomic E-state index is 13.8. The van der Waals surface area contributed by atoms with Crippen LogP contribution in [0, 0.1) is 5.82 Å². The highest BCUT2D eigenvalue weighted by molar-refractivity contribution is 5.99. The number of carbonyl (C=O) groups is 1. The smallest absolute Gasteiger partial charge is 0.251 e. The zero-order chi connectivity index (χ0) is 13.0. The average Bonchev–Trinajstić information content (AvgIpc) is 2.30. The molecule has 2 N–H and O–H groups in total. The summed E-state index contributed by atoms with van der Waals surface area (Å²) in [6, 6.07) is 1.14. The standard InChI is InChI=1S/C10H9FN2O4/c1-16-6-3-5(10(12)15)8(13-4-14)7(11)9(6)17-2/h3H,1-2H3,(H2,12,15). The highest BCUT2D eigenvalue weighted by atomic mass is 19.1. The van der Waals surface area contributed by atoms with E-state index in [4.69, 9.17) is 15.2 Å². The molecule has 7 heteroatoms. The molecule has 0 saturated carbocycles. The van der Waals surface area contributed by atoms with Crippen molar-refractivity contribution in [3.05, 3.63) is 17.4 Å². The third-order valence-corrected chi connectivity index (χ3v) is 2.01. The summed E-state index contributed by atoms with van der Waals surface area (Å²) < 4.78 is 23.4. The van der Waals surface area contributed by atoms with E-state index >= 15 is 0 Å². The fourth-order valence-electron chi connectivity index (χ4n) is 1.28. The van der Waals surface area contributed by atoms with Gasteiger partial charge < -0.3 is 15.2 Å². The van der Waals surface area contributed by atoms with Crippen molar-refractivity contribution in [2.24, 2.45) is 10.7 Å². The van der Waals surface area contributed by atoms with Gasteiger partial charge >= 0.3 is 0 Å². The fraction of sp³-hybridized carbons (Fsp3) is 0.200. The van der Waals surface area contributed by atoms with Crippen LogP contribution in [0.2, 0.25) is 0 Å². The molecule has 0 aromatic heterocycles. The Kier molecular flexibility index (Phi) is 3.79. The lowest BCUT2D eigenvalue weighted by molar-refractivity contribution is 0.1000. The highest BCUT2D eigenvalue weighted by Crippen LogP contribution is 2.38. The fourth-order valence-corrected chi connectivity index (χ4v) is 1.28. The van der Waals surface area contributed by atoms with Crippen molar-refractivity contribution in [3.8, 4) is 11.5 Å². The van der Waals surface area contributed by atoms with E-state index < -0.39 is 17.4 Å². The first kappa shape index (κ1) is 12.7. The van der Waals surface area contributed by atoms with Gasteiger partial charge in [0.25, 0.3) is 5.91 Å². The summed E-state index contributed by atoms with van der Waals surface area (Å²) in [7, 11) is 2.48. The van der Waals surface area contributed by atoms with E-state index in [-0.39, 0.29) is 17.1 Å². The molecule has 0 bridgehead atoms. The number of primary amides is 1. The maximum absolute atomic E-state index is 13.8. The molecule has 0 aliphatic carbocycles. The van der Waals surface area contributed by atoms with Crippen LogP contribution in [0.3, 0.4) is 0 Å². The van der Waals surface area contributed by atoms with Gasteiger partial charge in [0.15, 0.2) is 17.3 Å². The van der Waals surface area contributed by atoms with Crippen molar-refractivity contribution in [3.63, 3.8) is 0 Å². The third kappa shape index (κ3) is 2.24. The molecule has 1 amide bonds. The quantitative estimate of drug-likeness (QED) is 0.625. The van der Waals surface area contributed by atoms with Gasteiger partial charge in [-0.05, 0) is 6.07 Å². The summed E-state index contributed by atoms with van der Waals surface area (Å²) >= 11 is 0. The number of nitrogens with two attached hydrogens (primary N) is 1. The molecule has 1 rings (SSSR count). The molecule has 90 valence electrons. The Bertz CT molecular complexity index is 510. The van der Waals surface area contributed by atoms with Crippen molar-refractivity contribution in [1.82, 2.24) is 0 Å². The second-order valence-corrected chi connectivity index (χ2v) is 2.89. The zero-order valence-electron chi connectivity index (χ0n) is 9.11. The Morgan fingerprint density at radius 1 is 1.47 bits per heavy atom. The Morgan fingerprint density at radius 2 is 2.12 bits per heavy atom. The van der Waals surface area contributed by atoms with Gasteiger partial charge in [-0.25, -0.2) is 9.18 Å². The number of isocyanates is 1. The van der Waals surface area contributed by atoms with Gasteiger partial charge in [-0.1, -0.05) is 0 Å². The monoisotopic (exact) mass is 240 g/mol. The summed E-state index contributed by atoms with van der Waals surface area (Å²) in [6.45, 7) is 0. The van der Waals surface area contributed by atoms with Crippen molar-refractivity contribution in [1.29, 1.82) is 0 Å². The topological polar surface area (TPSA) is 91.0 Å². The molecule has 0 radical (unpaired) electrons. The summed E-state index contributed by atoms with van der Waals surface area (Å²) in [5.74, 6) is -2.25. The number of amides is 1. The van der Waals surface area contributed by atoms with Gasteiger partial charge in [0.05, 0.1) is 19.8 Å². The largest absolute Gasteiger partial charge is 0.493 e. The molecule has 0 aliphatic rings. The van der Waals surface area contributed by atoms with E-state index in [1.54, 1.807) is 0 Å². The van der Waals surface area contributed by atoms with Gasteiger partial charge in [-0.15, -0.1) is 0 Å². The van der Waals surface area contributed by atoms with Crippen LogP contribution in [-0.4, -0.2) is 26.2 Å². The van der Waals surface area contributed by atoms with Crippen LogP contribution in [0.5, 0.6) is 11.5 Å². The van der Waals surface area contributed by atoms with E-state index in [2.05, 4.69) is 4.99 Å². The molecule has 0 spiro atoms. The minimum absolute atomic E-state index is 0.0244. The molecule has 0 aliphatic heterocycles. The van der Waals surface area contributed by atoms with E-state index in [0.717, 1.165) is 12.1 Å². The third-order valence-electron chi connectivity index (χ3n) is 2.01. The molecule has 0 fully saturated rings. The lowest BCUT2D eigenvalue weighted by Crippen LogP contribution is -2.12. The molecule has 0 saturated heterocycles. The van der Waals surface area contributed by atoms with E-state index in [1.165, 1.54) is 14.2 Å². The number of ether oxygens (including phenoxy) is 2. The molecule has 0 unspecified atom stereocenters. The van der Waals surface area contributed by atoms with Crippen LogP contribution in [0.1, 0.15) is 10.4 Å². The first-order valence-electron chi connectivity index (χ1n) is 4.39. The predicted octanol–water partition coefficient (Wildman–Crippen LogP) is 0.909. The van der Waals surface area contributed by atoms with Crippen molar-refractivity contribution in [2.75, 3.05) is 14.2 Å². The molecule has 0 atom stereocenters. The van der Waals surface area contributed by atoms with Gasteiger partial charge in [-0.3, -0.25) is 4.79 Å². The number of carbonyl (C=O) groups excluding carboxylic acids is 2. The maximum Gasteiger partial charge on any atom is 0.251 e. The zero-order valence-corrected chi connectivity index (χ0v) is 9.11. The Morgan fingerprint density at radius 3 is 2.53 bits per heavy atom. The van der Waals surface area contributed by atoms with E-state index in [0.29, 0.717) is 0 Å². The predicted molar refractivity (Wildman–Crippen MR) is 55.8 cm³/mol. The molecule has 1 aromatic rings. The molecule has 6 nitrogen and oxygen atoms in total. The van der Waals surface area contributed by atoms with Crippen LogP contribution >= 0.6 is 0 Å². The molecule has 17 heavy (non-hydrogen) atoms. The number of methoxy groups -OCH3 is 2. The molecular formula is C10H9FN2O4. The van der Waals surface area contributed by atoms with Gasteiger partial charge in [0.2, 0.25) is 6.08 Å².